The van der Waals surface area contributed by atoms with Crippen molar-refractivity contribution in [3.05, 3.63) is 91.8 Å². The standard InChI is InChI=1S/C23H15Cl4N3O2/c1-12-8-16(6-7-28-12)29-23(32)21(31)20-17-9-14(24)4-5-19(17)30(22(20)27)11-13-2-3-15(25)10-18(13)26/h2-10H,11H2,1H3,(H,28,29,32). The van der Waals surface area contributed by atoms with Crippen LogP contribution in [-0.4, -0.2) is 21.2 Å². The van der Waals surface area contributed by atoms with E-state index in [9.17, 15) is 9.59 Å². The summed E-state index contributed by atoms with van der Waals surface area (Å²) < 4.78 is 1.71. The fourth-order valence-electron chi connectivity index (χ4n) is 3.41. The number of benzene rings is 2. The molecule has 5 nitrogen and oxygen atoms in total. The number of hydrogen-bond donors (Lipinski definition) is 1. The highest BCUT2D eigenvalue weighted by Crippen LogP contribution is 2.34. The van der Waals surface area contributed by atoms with Crippen molar-refractivity contribution in [1.82, 2.24) is 9.55 Å². The Bertz CT molecular complexity index is 1380. The lowest BCUT2D eigenvalue weighted by Crippen LogP contribution is -2.23. The maximum atomic E-state index is 13.1. The molecule has 0 atom stereocenters. The largest absolute Gasteiger partial charge is 0.326 e. The molecule has 4 rings (SSSR count). The second-order valence-corrected chi connectivity index (χ2v) is 8.76. The number of anilines is 1. The number of nitrogens with one attached hydrogen (secondary N) is 1. The number of carbonyl (C=O) groups is 2. The highest BCUT2D eigenvalue weighted by molar-refractivity contribution is 6.52. The molecule has 0 radical (unpaired) electrons. The number of aryl methyl sites for hydroxylation is 1. The molecule has 162 valence electrons. The van der Waals surface area contributed by atoms with Crippen molar-refractivity contribution in [3.8, 4) is 0 Å². The monoisotopic (exact) mass is 505 g/mol. The van der Waals surface area contributed by atoms with Crippen LogP contribution in [0.3, 0.4) is 0 Å². The Hall–Kier alpha value is -2.57. The van der Waals surface area contributed by atoms with Gasteiger partial charge in [0.15, 0.2) is 0 Å². The Morgan fingerprint density at radius 3 is 2.41 bits per heavy atom. The first-order valence-corrected chi connectivity index (χ1v) is 11.0. The normalized spacial score (nSPS) is 11.0. The molecule has 2 aromatic heterocycles. The third kappa shape index (κ3) is 4.48. The Balaban J connectivity index is 1.77. The number of carbonyl (C=O) groups excluding carboxylic acids is 2. The van der Waals surface area contributed by atoms with Crippen LogP contribution >= 0.6 is 46.4 Å². The summed E-state index contributed by atoms with van der Waals surface area (Å²) in [5.74, 6) is -1.60. The number of pyridine rings is 1. The van der Waals surface area contributed by atoms with E-state index in [0.29, 0.717) is 37.4 Å². The molecule has 4 aromatic rings. The van der Waals surface area contributed by atoms with E-state index in [1.807, 2.05) is 0 Å². The van der Waals surface area contributed by atoms with Gasteiger partial charge in [0, 0.05) is 38.0 Å². The molecule has 0 saturated carbocycles. The third-order valence-electron chi connectivity index (χ3n) is 4.89. The molecule has 2 aromatic carbocycles. The Kier molecular flexibility index (Phi) is 6.45. The van der Waals surface area contributed by atoms with E-state index in [1.54, 1.807) is 66.2 Å². The first-order chi connectivity index (χ1) is 15.2. The van der Waals surface area contributed by atoms with Crippen molar-refractivity contribution in [2.24, 2.45) is 0 Å². The van der Waals surface area contributed by atoms with E-state index in [4.69, 9.17) is 46.4 Å². The predicted molar refractivity (Wildman–Crippen MR) is 129 cm³/mol. The number of amides is 1. The molecule has 0 saturated heterocycles. The highest BCUT2D eigenvalue weighted by Gasteiger charge is 2.27. The molecule has 0 spiro atoms. The van der Waals surface area contributed by atoms with E-state index in [1.165, 1.54) is 0 Å². The van der Waals surface area contributed by atoms with E-state index in [-0.39, 0.29) is 17.3 Å². The van der Waals surface area contributed by atoms with Gasteiger partial charge in [-0.2, -0.15) is 0 Å². The van der Waals surface area contributed by atoms with Crippen LogP contribution in [-0.2, 0) is 11.3 Å². The fourth-order valence-corrected chi connectivity index (χ4v) is 4.39. The molecular formula is C23H15Cl4N3O2. The zero-order valence-corrected chi connectivity index (χ0v) is 19.6. The van der Waals surface area contributed by atoms with Gasteiger partial charge in [-0.1, -0.05) is 52.5 Å². The van der Waals surface area contributed by atoms with Crippen LogP contribution in [0, 0.1) is 6.92 Å². The van der Waals surface area contributed by atoms with Crippen LogP contribution in [0.25, 0.3) is 10.9 Å². The van der Waals surface area contributed by atoms with Crippen LogP contribution in [0.4, 0.5) is 5.69 Å². The predicted octanol–water partition coefficient (Wildman–Crippen LogP) is 6.83. The number of hydrogen-bond acceptors (Lipinski definition) is 3. The Morgan fingerprint density at radius 1 is 0.969 bits per heavy atom. The molecule has 2 heterocycles. The molecule has 0 bridgehead atoms. The van der Waals surface area contributed by atoms with Crippen molar-refractivity contribution in [1.29, 1.82) is 0 Å². The van der Waals surface area contributed by atoms with Gasteiger partial charge in [0.2, 0.25) is 0 Å². The zero-order chi connectivity index (χ0) is 23.0. The maximum Gasteiger partial charge on any atom is 0.296 e. The van der Waals surface area contributed by atoms with Gasteiger partial charge in [0.1, 0.15) is 5.15 Å². The van der Waals surface area contributed by atoms with Crippen LogP contribution < -0.4 is 5.32 Å². The minimum atomic E-state index is -0.818. The van der Waals surface area contributed by atoms with Gasteiger partial charge in [-0.05, 0) is 55.0 Å². The summed E-state index contributed by atoms with van der Waals surface area (Å²) in [7, 11) is 0. The summed E-state index contributed by atoms with van der Waals surface area (Å²) in [5.41, 5.74) is 2.62. The van der Waals surface area contributed by atoms with E-state index >= 15 is 0 Å². The minimum absolute atomic E-state index is 0.0672. The first-order valence-electron chi connectivity index (χ1n) is 9.44. The fraction of sp³-hybridized carbons (Fsp3) is 0.0870. The van der Waals surface area contributed by atoms with Crippen LogP contribution in [0.2, 0.25) is 20.2 Å². The molecule has 1 amide bonds. The van der Waals surface area contributed by atoms with Gasteiger partial charge >= 0.3 is 0 Å². The van der Waals surface area contributed by atoms with Gasteiger partial charge in [-0.25, -0.2) is 0 Å². The zero-order valence-electron chi connectivity index (χ0n) is 16.6. The summed E-state index contributed by atoms with van der Waals surface area (Å²) in [5, 5.41) is 4.56. The SMILES string of the molecule is Cc1cc(NC(=O)C(=O)c2c(Cl)n(Cc3ccc(Cl)cc3Cl)c3ccc(Cl)cc23)ccn1. The van der Waals surface area contributed by atoms with Crippen molar-refractivity contribution < 1.29 is 9.59 Å². The summed E-state index contributed by atoms with van der Waals surface area (Å²) in [6.07, 6.45) is 1.55. The second kappa shape index (κ2) is 9.12. The van der Waals surface area contributed by atoms with E-state index in [0.717, 1.165) is 5.56 Å². The van der Waals surface area contributed by atoms with Gasteiger partial charge in [-0.3, -0.25) is 14.6 Å². The lowest BCUT2D eigenvalue weighted by atomic mass is 10.1. The molecule has 9 heteroatoms. The van der Waals surface area contributed by atoms with E-state index in [2.05, 4.69) is 10.3 Å². The van der Waals surface area contributed by atoms with Gasteiger partial charge in [0.25, 0.3) is 11.7 Å². The molecule has 0 aliphatic rings. The van der Waals surface area contributed by atoms with Crippen molar-refractivity contribution in [2.45, 2.75) is 13.5 Å². The summed E-state index contributed by atoms with van der Waals surface area (Å²) >= 11 is 25.2. The van der Waals surface area contributed by atoms with Crippen LogP contribution in [0.15, 0.2) is 54.7 Å². The van der Waals surface area contributed by atoms with E-state index < -0.39 is 11.7 Å². The lowest BCUT2D eigenvalue weighted by Gasteiger charge is -2.10. The molecule has 32 heavy (non-hydrogen) atoms. The third-order valence-corrected chi connectivity index (χ3v) is 6.11. The second-order valence-electron chi connectivity index (χ2n) is 7.12. The number of rotatable bonds is 5. The quantitative estimate of drug-likeness (QED) is 0.238. The molecular weight excluding hydrogens is 492 g/mol. The lowest BCUT2D eigenvalue weighted by molar-refractivity contribution is -0.112. The maximum absolute atomic E-state index is 13.1. The van der Waals surface area contributed by atoms with Crippen LogP contribution in [0.5, 0.6) is 0 Å². The van der Waals surface area contributed by atoms with Gasteiger partial charge in [-0.15, -0.1) is 0 Å². The average molecular weight is 507 g/mol. The highest BCUT2D eigenvalue weighted by atomic mass is 35.5. The van der Waals surface area contributed by atoms with Crippen molar-refractivity contribution in [3.63, 3.8) is 0 Å². The average Bonchev–Trinajstić information content (AvgIpc) is 3.00. The van der Waals surface area contributed by atoms with Gasteiger partial charge in [0.05, 0.1) is 17.6 Å². The number of fused-ring (bicyclic) bond motifs is 1. The van der Waals surface area contributed by atoms with Crippen LogP contribution in [0.1, 0.15) is 21.6 Å². The number of ketones is 1. The topological polar surface area (TPSA) is 64.0 Å². The minimum Gasteiger partial charge on any atom is -0.326 e. The van der Waals surface area contributed by atoms with Crippen molar-refractivity contribution >= 4 is 74.7 Å². The number of Topliss-reactive ketones (excluding diaryl/α,β-unsaturated/α-hetero) is 1. The number of aromatic nitrogens is 2. The van der Waals surface area contributed by atoms with Crippen molar-refractivity contribution in [2.75, 3.05) is 5.32 Å². The summed E-state index contributed by atoms with van der Waals surface area (Å²) in [6.45, 7) is 2.05. The Labute approximate surface area is 203 Å². The van der Waals surface area contributed by atoms with Gasteiger partial charge < -0.3 is 9.88 Å². The molecule has 0 fully saturated rings. The molecule has 0 aliphatic carbocycles. The smallest absolute Gasteiger partial charge is 0.296 e. The summed E-state index contributed by atoms with van der Waals surface area (Å²) in [4.78, 5) is 30.0. The number of nitrogens with zero attached hydrogens (tertiary/aromatic N) is 2. The Morgan fingerprint density at radius 2 is 1.69 bits per heavy atom. The number of halogens is 4. The molecule has 0 unspecified atom stereocenters. The molecule has 1 N–H and O–H groups in total. The summed E-state index contributed by atoms with van der Waals surface area (Å²) in [6, 6.07) is 13.4. The molecule has 0 aliphatic heterocycles. The first kappa shape index (κ1) is 22.6.